The monoisotopic (exact) mass is 347 g/mol. The number of rotatable bonds is 3. The standard InChI is InChI=1S/C18H25N3O4/c1-12(2)19-17(23)21-10-15(22)16-14(21)8-9-20(16)18(24)25-11-13-6-4-3-5-7-13/h3-7,12,14-16,22H,8-11H2,1-2H3,(H,19,23)/t14-,15+,16+/m1/s1. The van der Waals surface area contributed by atoms with E-state index in [1.807, 2.05) is 44.2 Å². The van der Waals surface area contributed by atoms with Crippen LogP contribution in [0.15, 0.2) is 30.3 Å². The molecule has 7 nitrogen and oxygen atoms in total. The van der Waals surface area contributed by atoms with Crippen LogP contribution in [0.25, 0.3) is 0 Å². The molecule has 7 heteroatoms. The third kappa shape index (κ3) is 3.71. The van der Waals surface area contributed by atoms with Crippen LogP contribution in [0.3, 0.4) is 0 Å². The topological polar surface area (TPSA) is 82.1 Å². The summed E-state index contributed by atoms with van der Waals surface area (Å²) in [4.78, 5) is 27.9. The van der Waals surface area contributed by atoms with Crippen molar-refractivity contribution in [2.75, 3.05) is 13.1 Å². The highest BCUT2D eigenvalue weighted by Gasteiger charge is 2.51. The summed E-state index contributed by atoms with van der Waals surface area (Å²) in [7, 11) is 0. The van der Waals surface area contributed by atoms with E-state index in [1.54, 1.807) is 9.80 Å². The second-order valence-electron chi connectivity index (χ2n) is 6.90. The average molecular weight is 347 g/mol. The zero-order valence-corrected chi connectivity index (χ0v) is 14.6. The number of carbonyl (C=O) groups excluding carboxylic acids is 2. The predicted octanol–water partition coefficient (Wildman–Crippen LogP) is 1.56. The molecule has 25 heavy (non-hydrogen) atoms. The fourth-order valence-electron chi connectivity index (χ4n) is 3.63. The Hall–Kier alpha value is -2.28. The predicted molar refractivity (Wildman–Crippen MR) is 91.9 cm³/mol. The first kappa shape index (κ1) is 17.5. The number of ether oxygens (including phenoxy) is 1. The first-order valence-electron chi connectivity index (χ1n) is 8.70. The molecular formula is C18H25N3O4. The second kappa shape index (κ2) is 7.31. The van der Waals surface area contributed by atoms with Gasteiger partial charge >= 0.3 is 12.1 Å². The van der Waals surface area contributed by atoms with E-state index >= 15 is 0 Å². The number of fused-ring (bicyclic) bond motifs is 1. The van der Waals surface area contributed by atoms with Crippen molar-refractivity contribution in [1.82, 2.24) is 15.1 Å². The Morgan fingerprint density at radius 3 is 2.68 bits per heavy atom. The number of carbonyl (C=O) groups is 2. The van der Waals surface area contributed by atoms with Gasteiger partial charge in [0.25, 0.3) is 0 Å². The first-order valence-corrected chi connectivity index (χ1v) is 8.70. The number of hydrogen-bond acceptors (Lipinski definition) is 4. The molecule has 136 valence electrons. The number of hydrogen-bond donors (Lipinski definition) is 2. The number of urea groups is 1. The number of likely N-dealkylation sites (tertiary alicyclic amines) is 2. The van der Waals surface area contributed by atoms with Crippen LogP contribution in [0.1, 0.15) is 25.8 Å². The number of aliphatic hydroxyl groups excluding tert-OH is 1. The molecule has 0 aromatic heterocycles. The van der Waals surface area contributed by atoms with Crippen LogP contribution in [0.5, 0.6) is 0 Å². The number of amides is 3. The Balaban J connectivity index is 1.61. The maximum Gasteiger partial charge on any atom is 0.410 e. The van der Waals surface area contributed by atoms with Crippen LogP contribution in [0.4, 0.5) is 9.59 Å². The van der Waals surface area contributed by atoms with Crippen molar-refractivity contribution in [2.24, 2.45) is 0 Å². The smallest absolute Gasteiger partial charge is 0.410 e. The molecule has 2 saturated heterocycles. The van der Waals surface area contributed by atoms with Crippen LogP contribution < -0.4 is 5.32 Å². The van der Waals surface area contributed by atoms with E-state index in [0.717, 1.165) is 5.56 Å². The summed E-state index contributed by atoms with van der Waals surface area (Å²) in [6.45, 7) is 4.69. The lowest BCUT2D eigenvalue weighted by molar-refractivity contribution is 0.0610. The summed E-state index contributed by atoms with van der Waals surface area (Å²) < 4.78 is 5.39. The molecule has 0 radical (unpaired) electrons. The highest BCUT2D eigenvalue weighted by molar-refractivity contribution is 5.76. The van der Waals surface area contributed by atoms with Crippen LogP contribution in [0, 0.1) is 0 Å². The molecule has 2 N–H and O–H groups in total. The van der Waals surface area contributed by atoms with Gasteiger partial charge in [-0.25, -0.2) is 9.59 Å². The molecule has 3 amide bonds. The van der Waals surface area contributed by atoms with Gasteiger partial charge in [0, 0.05) is 12.6 Å². The van der Waals surface area contributed by atoms with Gasteiger partial charge in [-0.2, -0.15) is 0 Å². The van der Waals surface area contributed by atoms with Gasteiger partial charge in [-0.15, -0.1) is 0 Å². The van der Waals surface area contributed by atoms with Crippen molar-refractivity contribution in [3.63, 3.8) is 0 Å². The number of β-amino-alcohol motifs (C(OH)–C–C–N with tert-alkyl or cyclic N) is 1. The molecule has 3 atom stereocenters. The summed E-state index contributed by atoms with van der Waals surface area (Å²) in [5.41, 5.74) is 0.913. The Morgan fingerprint density at radius 1 is 1.28 bits per heavy atom. The van der Waals surface area contributed by atoms with Gasteiger partial charge in [-0.3, -0.25) is 0 Å². The van der Waals surface area contributed by atoms with Gasteiger partial charge in [-0.1, -0.05) is 30.3 Å². The number of nitrogens with one attached hydrogen (secondary N) is 1. The van der Waals surface area contributed by atoms with E-state index in [0.29, 0.717) is 13.0 Å². The van der Waals surface area contributed by atoms with Gasteiger partial charge in [0.1, 0.15) is 6.61 Å². The maximum atomic E-state index is 12.4. The molecule has 2 aliphatic heterocycles. The van der Waals surface area contributed by atoms with Crippen molar-refractivity contribution >= 4 is 12.1 Å². The van der Waals surface area contributed by atoms with Crippen molar-refractivity contribution in [1.29, 1.82) is 0 Å². The lowest BCUT2D eigenvalue weighted by Gasteiger charge is -2.26. The Labute approximate surface area is 147 Å². The molecule has 1 aromatic rings. The quantitative estimate of drug-likeness (QED) is 0.869. The minimum absolute atomic E-state index is 0.0250. The van der Waals surface area contributed by atoms with Gasteiger partial charge in [-0.05, 0) is 25.8 Å². The summed E-state index contributed by atoms with van der Waals surface area (Å²) in [5.74, 6) is 0. The average Bonchev–Trinajstić information content (AvgIpc) is 3.14. The van der Waals surface area contributed by atoms with Gasteiger partial charge in [0.15, 0.2) is 0 Å². The van der Waals surface area contributed by atoms with Crippen molar-refractivity contribution < 1.29 is 19.4 Å². The van der Waals surface area contributed by atoms with E-state index < -0.39 is 18.2 Å². The van der Waals surface area contributed by atoms with Crippen LogP contribution in [-0.2, 0) is 11.3 Å². The third-order valence-electron chi connectivity index (χ3n) is 4.71. The van der Waals surface area contributed by atoms with Crippen molar-refractivity contribution in [2.45, 2.75) is 51.1 Å². The SMILES string of the molecule is CC(C)NC(=O)N1C[C@H](O)[C@@H]2[C@H]1CCN2C(=O)OCc1ccccc1. The van der Waals surface area contributed by atoms with Gasteiger partial charge < -0.3 is 25.0 Å². The third-order valence-corrected chi connectivity index (χ3v) is 4.71. The minimum atomic E-state index is -0.755. The van der Waals surface area contributed by atoms with Crippen LogP contribution in [-0.4, -0.2) is 64.3 Å². The first-order chi connectivity index (χ1) is 12.0. The molecule has 3 rings (SSSR count). The van der Waals surface area contributed by atoms with E-state index in [9.17, 15) is 14.7 Å². The van der Waals surface area contributed by atoms with Crippen LogP contribution >= 0.6 is 0 Å². The van der Waals surface area contributed by atoms with E-state index in [-0.39, 0.29) is 31.3 Å². The fraction of sp³-hybridized carbons (Fsp3) is 0.556. The number of benzene rings is 1. The summed E-state index contributed by atoms with van der Waals surface area (Å²) in [5, 5.41) is 13.2. The maximum absolute atomic E-state index is 12.4. The lowest BCUT2D eigenvalue weighted by atomic mass is 10.1. The molecule has 0 unspecified atom stereocenters. The fourth-order valence-corrected chi connectivity index (χ4v) is 3.63. The number of nitrogens with zero attached hydrogens (tertiary/aromatic N) is 2. The summed E-state index contributed by atoms with van der Waals surface area (Å²) in [6, 6.07) is 8.73. The Kier molecular flexibility index (Phi) is 5.13. The largest absolute Gasteiger partial charge is 0.445 e. The van der Waals surface area contributed by atoms with Crippen LogP contribution in [0.2, 0.25) is 0 Å². The zero-order chi connectivity index (χ0) is 18.0. The normalized spacial score (nSPS) is 25.2. The summed E-state index contributed by atoms with van der Waals surface area (Å²) in [6.07, 6.45) is -0.551. The minimum Gasteiger partial charge on any atom is -0.445 e. The molecular weight excluding hydrogens is 322 g/mol. The van der Waals surface area contributed by atoms with E-state index in [2.05, 4.69) is 5.32 Å². The Bertz CT molecular complexity index is 622. The molecule has 1 aromatic carbocycles. The van der Waals surface area contributed by atoms with Gasteiger partial charge in [0.2, 0.25) is 0 Å². The highest BCUT2D eigenvalue weighted by Crippen LogP contribution is 2.32. The molecule has 0 saturated carbocycles. The van der Waals surface area contributed by atoms with E-state index in [4.69, 9.17) is 4.74 Å². The summed E-state index contributed by atoms with van der Waals surface area (Å²) >= 11 is 0. The second-order valence-corrected chi connectivity index (χ2v) is 6.90. The molecule has 0 bridgehead atoms. The molecule has 0 aliphatic carbocycles. The van der Waals surface area contributed by atoms with Crippen molar-refractivity contribution in [3.8, 4) is 0 Å². The molecule has 2 aliphatic rings. The van der Waals surface area contributed by atoms with E-state index in [1.165, 1.54) is 0 Å². The number of aliphatic hydroxyl groups is 1. The van der Waals surface area contributed by atoms with Crippen molar-refractivity contribution in [3.05, 3.63) is 35.9 Å². The molecule has 2 heterocycles. The Morgan fingerprint density at radius 2 is 2.00 bits per heavy atom. The van der Waals surface area contributed by atoms with Gasteiger partial charge in [0.05, 0.1) is 24.7 Å². The zero-order valence-electron chi connectivity index (χ0n) is 14.6. The molecule has 0 spiro atoms. The molecule has 2 fully saturated rings. The lowest BCUT2D eigenvalue weighted by Crippen LogP contribution is -2.47. The highest BCUT2D eigenvalue weighted by atomic mass is 16.6.